The van der Waals surface area contributed by atoms with Crippen LogP contribution in [0, 0.1) is 0 Å². The first-order valence-electron chi connectivity index (χ1n) is 4.22. The summed E-state index contributed by atoms with van der Waals surface area (Å²) in [5, 5.41) is 15.7. The summed E-state index contributed by atoms with van der Waals surface area (Å²) in [5.74, 6) is 0.501. The zero-order chi connectivity index (χ0) is 11.5. The Bertz CT molecular complexity index is 520. The molecule has 0 fully saturated rings. The number of hydrogen-bond donors (Lipinski definition) is 2. The van der Waals surface area contributed by atoms with Gasteiger partial charge in [0.05, 0.1) is 5.02 Å². The Balaban J connectivity index is 2.35. The molecular weight excluding hydrogens is 232 g/mol. The topological polar surface area (TPSA) is 102 Å². The molecule has 2 aromatic heterocycles. The van der Waals surface area contributed by atoms with Gasteiger partial charge in [-0.3, -0.25) is 0 Å². The van der Waals surface area contributed by atoms with Crippen LogP contribution in [-0.2, 0) is 0 Å². The quantitative estimate of drug-likeness (QED) is 0.341. The number of aromatic nitrogens is 4. The number of halogens is 1. The number of rotatable bonds is 2. The maximum Gasteiger partial charge on any atom is 0.220 e. The van der Waals surface area contributed by atoms with Gasteiger partial charge in [0.25, 0.3) is 0 Å². The Morgan fingerprint density at radius 1 is 1.44 bits per heavy atom. The summed E-state index contributed by atoms with van der Waals surface area (Å²) >= 11 is 5.70. The highest BCUT2D eigenvalue weighted by molar-refractivity contribution is 6.30. The second-order valence-electron chi connectivity index (χ2n) is 2.83. The van der Waals surface area contributed by atoms with Crippen molar-refractivity contribution >= 4 is 17.4 Å². The Morgan fingerprint density at radius 3 is 2.88 bits per heavy atom. The summed E-state index contributed by atoms with van der Waals surface area (Å²) < 4.78 is 1.39. The van der Waals surface area contributed by atoms with Crippen LogP contribution in [0.1, 0.15) is 5.82 Å². The van der Waals surface area contributed by atoms with Gasteiger partial charge in [0.2, 0.25) is 11.7 Å². The number of nitrogens with two attached hydrogens (primary N) is 1. The molecule has 0 atom stereocenters. The van der Waals surface area contributed by atoms with Crippen LogP contribution >= 0.6 is 11.6 Å². The molecule has 0 saturated heterocycles. The van der Waals surface area contributed by atoms with Crippen molar-refractivity contribution in [2.45, 2.75) is 0 Å². The fourth-order valence-corrected chi connectivity index (χ4v) is 1.15. The molecular formula is C8H7ClN6O. The number of oxime groups is 1. The van der Waals surface area contributed by atoms with E-state index in [0.29, 0.717) is 10.8 Å². The van der Waals surface area contributed by atoms with Crippen LogP contribution in [0.2, 0.25) is 5.02 Å². The van der Waals surface area contributed by atoms with E-state index in [-0.39, 0.29) is 11.7 Å². The molecule has 16 heavy (non-hydrogen) atoms. The first kappa shape index (κ1) is 10.4. The molecule has 0 aliphatic heterocycles. The summed E-state index contributed by atoms with van der Waals surface area (Å²) in [7, 11) is 0. The predicted molar refractivity (Wildman–Crippen MR) is 56.7 cm³/mol. The third-order valence-electron chi connectivity index (χ3n) is 1.78. The first-order chi connectivity index (χ1) is 7.70. The van der Waals surface area contributed by atoms with Crippen LogP contribution in [0.15, 0.2) is 29.8 Å². The molecule has 0 aromatic carbocycles. The van der Waals surface area contributed by atoms with Crippen LogP contribution in [0.3, 0.4) is 0 Å². The number of pyridine rings is 1. The van der Waals surface area contributed by atoms with Crippen molar-refractivity contribution in [3.05, 3.63) is 35.5 Å². The van der Waals surface area contributed by atoms with Crippen LogP contribution in [0.5, 0.6) is 0 Å². The van der Waals surface area contributed by atoms with Crippen molar-refractivity contribution in [1.82, 2.24) is 19.7 Å². The average Bonchev–Trinajstić information content (AvgIpc) is 2.78. The highest BCUT2D eigenvalue weighted by Gasteiger charge is 2.07. The van der Waals surface area contributed by atoms with Crippen LogP contribution in [-0.4, -0.2) is 30.8 Å². The lowest BCUT2D eigenvalue weighted by molar-refractivity contribution is 0.318. The molecule has 2 rings (SSSR count). The fraction of sp³-hybridized carbons (Fsp3) is 0. The second-order valence-corrected chi connectivity index (χ2v) is 3.27. The molecule has 0 aliphatic carbocycles. The third-order valence-corrected chi connectivity index (χ3v) is 2.00. The summed E-state index contributed by atoms with van der Waals surface area (Å²) in [4.78, 5) is 7.88. The van der Waals surface area contributed by atoms with Gasteiger partial charge < -0.3 is 10.9 Å². The van der Waals surface area contributed by atoms with E-state index < -0.39 is 0 Å². The maximum absolute atomic E-state index is 8.45. The molecule has 82 valence electrons. The molecule has 7 nitrogen and oxygen atoms in total. The van der Waals surface area contributed by atoms with Crippen molar-refractivity contribution in [2.75, 3.05) is 0 Å². The lowest BCUT2D eigenvalue weighted by Crippen LogP contribution is -2.15. The van der Waals surface area contributed by atoms with E-state index in [9.17, 15) is 0 Å². The molecule has 3 N–H and O–H groups in total. The Hall–Kier alpha value is -2.15. The van der Waals surface area contributed by atoms with Crippen LogP contribution < -0.4 is 5.73 Å². The normalized spacial score (nSPS) is 11.7. The monoisotopic (exact) mass is 238 g/mol. The lowest BCUT2D eigenvalue weighted by atomic mass is 10.5. The minimum Gasteiger partial charge on any atom is -0.409 e. The second kappa shape index (κ2) is 4.15. The van der Waals surface area contributed by atoms with Crippen LogP contribution in [0.25, 0.3) is 5.82 Å². The smallest absolute Gasteiger partial charge is 0.220 e. The van der Waals surface area contributed by atoms with Crippen molar-refractivity contribution in [2.24, 2.45) is 10.9 Å². The van der Waals surface area contributed by atoms with E-state index in [1.807, 2.05) is 0 Å². The molecule has 0 saturated carbocycles. The van der Waals surface area contributed by atoms with Gasteiger partial charge in [-0.25, -0.2) is 14.6 Å². The van der Waals surface area contributed by atoms with Gasteiger partial charge in [0, 0.05) is 6.20 Å². The molecule has 2 aromatic rings. The van der Waals surface area contributed by atoms with E-state index in [1.165, 1.54) is 17.2 Å². The standard InChI is InChI=1S/C8H7ClN6O/c9-5-1-2-6(11-3-5)15-4-12-8(13-15)7(10)14-16/h1-4,16H,(H2,10,14). The van der Waals surface area contributed by atoms with Gasteiger partial charge in [0.15, 0.2) is 5.82 Å². The zero-order valence-electron chi connectivity index (χ0n) is 7.95. The van der Waals surface area contributed by atoms with Crippen LogP contribution in [0.4, 0.5) is 0 Å². The zero-order valence-corrected chi connectivity index (χ0v) is 8.70. The number of nitrogens with zero attached hydrogens (tertiary/aromatic N) is 5. The van der Waals surface area contributed by atoms with E-state index in [1.54, 1.807) is 12.1 Å². The third kappa shape index (κ3) is 1.94. The summed E-state index contributed by atoms with van der Waals surface area (Å²) in [6.07, 6.45) is 2.89. The predicted octanol–water partition coefficient (Wildman–Crippen LogP) is 0.410. The highest BCUT2D eigenvalue weighted by Crippen LogP contribution is 2.08. The lowest BCUT2D eigenvalue weighted by Gasteiger charge is -1.97. The highest BCUT2D eigenvalue weighted by atomic mass is 35.5. The largest absolute Gasteiger partial charge is 0.409 e. The number of amidine groups is 1. The Kier molecular flexibility index (Phi) is 2.69. The van der Waals surface area contributed by atoms with E-state index in [4.69, 9.17) is 22.5 Å². The molecule has 0 radical (unpaired) electrons. The van der Waals surface area contributed by atoms with Gasteiger partial charge in [-0.15, -0.1) is 5.10 Å². The van der Waals surface area contributed by atoms with Crippen molar-refractivity contribution in [1.29, 1.82) is 0 Å². The first-order valence-corrected chi connectivity index (χ1v) is 4.60. The van der Waals surface area contributed by atoms with E-state index in [2.05, 4.69) is 20.2 Å². The van der Waals surface area contributed by atoms with Crippen molar-refractivity contribution < 1.29 is 5.21 Å². The van der Waals surface area contributed by atoms with Gasteiger partial charge in [-0.05, 0) is 12.1 Å². The Morgan fingerprint density at radius 2 is 2.25 bits per heavy atom. The van der Waals surface area contributed by atoms with Crippen molar-refractivity contribution in [3.8, 4) is 5.82 Å². The minimum atomic E-state index is -0.160. The SMILES string of the molecule is NC(=NO)c1ncn(-c2ccc(Cl)cn2)n1. The molecule has 0 aliphatic rings. The summed E-state index contributed by atoms with van der Waals surface area (Å²) in [6, 6.07) is 3.35. The maximum atomic E-state index is 8.45. The molecule has 2 heterocycles. The van der Waals surface area contributed by atoms with E-state index in [0.717, 1.165) is 0 Å². The average molecular weight is 239 g/mol. The van der Waals surface area contributed by atoms with E-state index >= 15 is 0 Å². The summed E-state index contributed by atoms with van der Waals surface area (Å²) in [5.41, 5.74) is 5.33. The van der Waals surface area contributed by atoms with Gasteiger partial charge in [-0.2, -0.15) is 0 Å². The fourth-order valence-electron chi connectivity index (χ4n) is 1.04. The van der Waals surface area contributed by atoms with Gasteiger partial charge in [0.1, 0.15) is 6.33 Å². The van der Waals surface area contributed by atoms with Gasteiger partial charge in [-0.1, -0.05) is 16.8 Å². The summed E-state index contributed by atoms with van der Waals surface area (Å²) in [6.45, 7) is 0. The Labute approximate surface area is 95.2 Å². The molecule has 0 amide bonds. The van der Waals surface area contributed by atoms with Crippen molar-refractivity contribution in [3.63, 3.8) is 0 Å². The molecule has 8 heteroatoms. The molecule has 0 unspecified atom stereocenters. The molecule has 0 bridgehead atoms. The molecule has 0 spiro atoms. The minimum absolute atomic E-state index is 0.124. The number of hydrogen-bond acceptors (Lipinski definition) is 5. The van der Waals surface area contributed by atoms with Gasteiger partial charge >= 0.3 is 0 Å².